The van der Waals surface area contributed by atoms with Crippen molar-refractivity contribution in [2.24, 2.45) is 5.92 Å². The average molecular weight is 298 g/mol. The maximum absolute atomic E-state index is 12.1. The number of anilines is 1. The number of hydrogen-bond donors (Lipinski definition) is 2. The fourth-order valence-corrected chi connectivity index (χ4v) is 3.40. The summed E-state index contributed by atoms with van der Waals surface area (Å²) in [6.45, 7) is 0. The van der Waals surface area contributed by atoms with E-state index in [4.69, 9.17) is 0 Å². The number of thiazole rings is 1. The van der Waals surface area contributed by atoms with E-state index in [9.17, 15) is 4.79 Å². The molecule has 0 unspecified atom stereocenters. The minimum Gasteiger partial charge on any atom is -0.323 e. The van der Waals surface area contributed by atoms with Gasteiger partial charge in [-0.25, -0.2) is 4.98 Å². The van der Waals surface area contributed by atoms with Crippen molar-refractivity contribution in [3.63, 3.8) is 0 Å². The van der Waals surface area contributed by atoms with Gasteiger partial charge < -0.3 is 5.32 Å². The first-order valence-electron chi connectivity index (χ1n) is 7.02. The molecule has 1 aliphatic rings. The van der Waals surface area contributed by atoms with Gasteiger partial charge >= 0.3 is 0 Å². The smallest absolute Gasteiger partial charge is 0.227 e. The van der Waals surface area contributed by atoms with Crippen molar-refractivity contribution < 1.29 is 4.79 Å². The van der Waals surface area contributed by atoms with Crippen LogP contribution in [0.3, 0.4) is 0 Å². The predicted molar refractivity (Wildman–Crippen MR) is 83.2 cm³/mol. The van der Waals surface area contributed by atoms with E-state index in [2.05, 4.69) is 20.5 Å². The van der Waals surface area contributed by atoms with Gasteiger partial charge in [-0.3, -0.25) is 9.89 Å². The third-order valence-corrected chi connectivity index (χ3v) is 4.91. The average Bonchev–Trinajstić information content (AvgIpc) is 3.01. The number of rotatable bonds is 3. The van der Waals surface area contributed by atoms with Crippen molar-refractivity contribution in [3.8, 4) is 10.7 Å². The Morgan fingerprint density at radius 1 is 1.33 bits per heavy atom. The van der Waals surface area contributed by atoms with E-state index >= 15 is 0 Å². The number of fused-ring (bicyclic) bond motifs is 1. The van der Waals surface area contributed by atoms with Gasteiger partial charge in [0.1, 0.15) is 10.7 Å². The van der Waals surface area contributed by atoms with Crippen LogP contribution in [0.5, 0.6) is 0 Å². The molecule has 3 aromatic rings. The molecule has 0 spiro atoms. The van der Waals surface area contributed by atoms with Gasteiger partial charge in [-0.05, 0) is 25.0 Å². The fourth-order valence-electron chi connectivity index (χ4n) is 2.43. The van der Waals surface area contributed by atoms with Gasteiger partial charge in [-0.2, -0.15) is 5.10 Å². The molecular weight excluding hydrogens is 284 g/mol. The Bertz CT molecular complexity index is 770. The van der Waals surface area contributed by atoms with Gasteiger partial charge in [0.25, 0.3) is 0 Å². The van der Waals surface area contributed by atoms with Crippen LogP contribution in [0.1, 0.15) is 19.3 Å². The molecule has 0 saturated heterocycles. The molecule has 21 heavy (non-hydrogen) atoms. The molecule has 6 heteroatoms. The first-order chi connectivity index (χ1) is 10.3. The van der Waals surface area contributed by atoms with Crippen LogP contribution in [0.15, 0.2) is 30.5 Å². The van der Waals surface area contributed by atoms with Crippen LogP contribution in [0, 0.1) is 5.92 Å². The van der Waals surface area contributed by atoms with Crippen molar-refractivity contribution in [1.29, 1.82) is 0 Å². The summed E-state index contributed by atoms with van der Waals surface area (Å²) in [5.74, 6) is 0.244. The molecular formula is C15H14N4OS. The van der Waals surface area contributed by atoms with E-state index < -0.39 is 0 Å². The number of nitrogens with one attached hydrogen (secondary N) is 2. The summed E-state index contributed by atoms with van der Waals surface area (Å²) in [5.41, 5.74) is 2.38. The maximum Gasteiger partial charge on any atom is 0.227 e. The summed E-state index contributed by atoms with van der Waals surface area (Å²) in [5, 5.41) is 10.9. The molecule has 2 N–H and O–H groups in total. The molecule has 0 aliphatic heterocycles. The van der Waals surface area contributed by atoms with Crippen LogP contribution < -0.4 is 5.32 Å². The quantitative estimate of drug-likeness (QED) is 0.778. The minimum atomic E-state index is 0.0880. The lowest BCUT2D eigenvalue weighted by Gasteiger charge is -2.23. The molecule has 4 rings (SSSR count). The minimum absolute atomic E-state index is 0.0880. The van der Waals surface area contributed by atoms with Crippen LogP contribution in [-0.4, -0.2) is 21.1 Å². The third kappa shape index (κ3) is 2.21. The van der Waals surface area contributed by atoms with E-state index in [0.29, 0.717) is 11.4 Å². The van der Waals surface area contributed by atoms with Gasteiger partial charge in [-0.1, -0.05) is 18.6 Å². The Morgan fingerprint density at radius 3 is 2.95 bits per heavy atom. The summed E-state index contributed by atoms with van der Waals surface area (Å²) in [6.07, 6.45) is 4.84. The molecule has 1 amide bonds. The molecule has 2 heterocycles. The SMILES string of the molecule is O=C(Nc1c[nH]nc1-c1nc2ccccc2s1)C1CCC1. The Hall–Kier alpha value is -2.21. The number of aromatic amines is 1. The second-order valence-corrected chi connectivity index (χ2v) is 6.28. The Kier molecular flexibility index (Phi) is 2.96. The summed E-state index contributed by atoms with van der Waals surface area (Å²) >= 11 is 1.58. The summed E-state index contributed by atoms with van der Waals surface area (Å²) in [7, 11) is 0. The highest BCUT2D eigenvalue weighted by Crippen LogP contribution is 2.34. The fraction of sp³-hybridized carbons (Fsp3) is 0.267. The first kappa shape index (κ1) is 12.5. The Balaban J connectivity index is 1.65. The maximum atomic E-state index is 12.1. The number of carbonyl (C=O) groups excluding carboxylic acids is 1. The zero-order valence-electron chi connectivity index (χ0n) is 11.3. The molecule has 1 saturated carbocycles. The molecule has 0 atom stereocenters. The summed E-state index contributed by atoms with van der Waals surface area (Å²) in [6, 6.07) is 7.98. The number of carbonyl (C=O) groups is 1. The summed E-state index contributed by atoms with van der Waals surface area (Å²) < 4.78 is 1.12. The number of amides is 1. The van der Waals surface area contributed by atoms with Crippen LogP contribution in [0.25, 0.3) is 20.9 Å². The van der Waals surface area contributed by atoms with E-state index in [-0.39, 0.29) is 11.8 Å². The number of aromatic nitrogens is 3. The molecule has 2 aromatic heterocycles. The lowest BCUT2D eigenvalue weighted by Crippen LogP contribution is -2.28. The second kappa shape index (κ2) is 4.96. The first-order valence-corrected chi connectivity index (χ1v) is 7.83. The molecule has 106 valence electrons. The third-order valence-electron chi connectivity index (χ3n) is 3.87. The zero-order valence-corrected chi connectivity index (χ0v) is 12.1. The Labute approximate surface area is 125 Å². The van der Waals surface area contributed by atoms with Crippen molar-refractivity contribution in [3.05, 3.63) is 30.5 Å². The highest BCUT2D eigenvalue weighted by molar-refractivity contribution is 7.21. The number of nitrogens with zero attached hydrogens (tertiary/aromatic N) is 2. The zero-order chi connectivity index (χ0) is 14.2. The number of benzene rings is 1. The van der Waals surface area contributed by atoms with Gasteiger partial charge in [-0.15, -0.1) is 11.3 Å². The lowest BCUT2D eigenvalue weighted by molar-refractivity contribution is -0.122. The predicted octanol–water partition coefficient (Wildman–Crippen LogP) is 3.43. The standard InChI is InChI=1S/C15H14N4OS/c20-14(9-4-3-5-9)17-11-8-16-19-13(11)15-18-10-6-1-2-7-12(10)21-15/h1-2,6-9H,3-5H2,(H,16,19)(H,17,20). The van der Waals surface area contributed by atoms with Crippen LogP contribution >= 0.6 is 11.3 Å². The molecule has 5 nitrogen and oxygen atoms in total. The molecule has 1 aromatic carbocycles. The number of hydrogen-bond acceptors (Lipinski definition) is 4. The molecule has 0 bridgehead atoms. The van der Waals surface area contributed by atoms with Crippen molar-refractivity contribution in [2.45, 2.75) is 19.3 Å². The number of H-pyrrole nitrogens is 1. The highest BCUT2D eigenvalue weighted by atomic mass is 32.1. The molecule has 1 aliphatic carbocycles. The lowest BCUT2D eigenvalue weighted by atomic mass is 9.85. The normalized spacial score (nSPS) is 15.0. The van der Waals surface area contributed by atoms with Crippen LogP contribution in [0.4, 0.5) is 5.69 Å². The van der Waals surface area contributed by atoms with E-state index in [1.165, 1.54) is 0 Å². The van der Waals surface area contributed by atoms with Crippen LogP contribution in [-0.2, 0) is 4.79 Å². The largest absolute Gasteiger partial charge is 0.323 e. The highest BCUT2D eigenvalue weighted by Gasteiger charge is 2.26. The monoisotopic (exact) mass is 298 g/mol. The Morgan fingerprint density at radius 2 is 2.19 bits per heavy atom. The van der Waals surface area contributed by atoms with E-state index in [0.717, 1.165) is 34.5 Å². The van der Waals surface area contributed by atoms with Crippen LogP contribution in [0.2, 0.25) is 0 Å². The molecule has 0 radical (unpaired) electrons. The number of para-hydroxylation sites is 1. The van der Waals surface area contributed by atoms with Crippen molar-refractivity contribution >= 4 is 33.1 Å². The topological polar surface area (TPSA) is 70.7 Å². The van der Waals surface area contributed by atoms with Gasteiger partial charge in [0, 0.05) is 12.1 Å². The van der Waals surface area contributed by atoms with Gasteiger partial charge in [0.2, 0.25) is 5.91 Å². The molecule has 1 fully saturated rings. The van der Waals surface area contributed by atoms with E-state index in [1.54, 1.807) is 17.5 Å². The summed E-state index contributed by atoms with van der Waals surface area (Å²) in [4.78, 5) is 16.7. The van der Waals surface area contributed by atoms with Crippen molar-refractivity contribution in [1.82, 2.24) is 15.2 Å². The van der Waals surface area contributed by atoms with Gasteiger partial charge in [0.15, 0.2) is 0 Å². The van der Waals surface area contributed by atoms with E-state index in [1.807, 2.05) is 24.3 Å². The second-order valence-electron chi connectivity index (χ2n) is 5.25. The van der Waals surface area contributed by atoms with Crippen molar-refractivity contribution in [2.75, 3.05) is 5.32 Å². The van der Waals surface area contributed by atoms with Gasteiger partial charge in [0.05, 0.1) is 15.9 Å².